The lowest BCUT2D eigenvalue weighted by Crippen LogP contribution is -2.28. The van der Waals surface area contributed by atoms with Gasteiger partial charge >= 0.3 is 0 Å². The predicted octanol–water partition coefficient (Wildman–Crippen LogP) is 3.57. The lowest BCUT2D eigenvalue weighted by molar-refractivity contribution is 0.186. The molecule has 0 aliphatic carbocycles. The minimum absolute atomic E-state index is 0.493. The SMILES string of the molecule is COCCC(CNC(C)C)c1ccccc1Br. The number of hydrogen-bond acceptors (Lipinski definition) is 2. The van der Waals surface area contributed by atoms with Gasteiger partial charge in [0, 0.05) is 30.8 Å². The zero-order chi connectivity index (χ0) is 12.7. The minimum atomic E-state index is 0.493. The highest BCUT2D eigenvalue weighted by Gasteiger charge is 2.14. The summed E-state index contributed by atoms with van der Waals surface area (Å²) in [6.45, 7) is 6.14. The van der Waals surface area contributed by atoms with Crippen LogP contribution in [-0.2, 0) is 4.74 Å². The number of benzene rings is 1. The van der Waals surface area contributed by atoms with Crippen molar-refractivity contribution in [1.82, 2.24) is 5.32 Å². The Morgan fingerprint density at radius 3 is 2.59 bits per heavy atom. The van der Waals surface area contributed by atoms with Crippen molar-refractivity contribution in [2.24, 2.45) is 0 Å². The van der Waals surface area contributed by atoms with Crippen LogP contribution in [-0.4, -0.2) is 26.3 Å². The van der Waals surface area contributed by atoms with E-state index >= 15 is 0 Å². The Morgan fingerprint density at radius 2 is 2.00 bits per heavy atom. The second kappa shape index (κ2) is 7.85. The van der Waals surface area contributed by atoms with Crippen LogP contribution in [0.2, 0.25) is 0 Å². The molecule has 1 atom stereocenters. The molecule has 1 rings (SSSR count). The molecular formula is C14H22BrNO. The van der Waals surface area contributed by atoms with Gasteiger partial charge in [-0.1, -0.05) is 48.0 Å². The summed E-state index contributed by atoms with van der Waals surface area (Å²) in [5.41, 5.74) is 1.36. The van der Waals surface area contributed by atoms with E-state index in [9.17, 15) is 0 Å². The van der Waals surface area contributed by atoms with Gasteiger partial charge < -0.3 is 10.1 Å². The Bertz CT molecular complexity index is 328. The molecule has 1 aromatic carbocycles. The van der Waals surface area contributed by atoms with Crippen LogP contribution in [0.1, 0.15) is 31.7 Å². The van der Waals surface area contributed by atoms with Crippen molar-refractivity contribution in [3.05, 3.63) is 34.3 Å². The maximum absolute atomic E-state index is 5.20. The van der Waals surface area contributed by atoms with Crippen LogP contribution < -0.4 is 5.32 Å². The van der Waals surface area contributed by atoms with Gasteiger partial charge in [-0.15, -0.1) is 0 Å². The highest BCUT2D eigenvalue weighted by atomic mass is 79.9. The lowest BCUT2D eigenvalue weighted by atomic mass is 9.96. The molecule has 17 heavy (non-hydrogen) atoms. The van der Waals surface area contributed by atoms with Gasteiger partial charge in [0.15, 0.2) is 0 Å². The monoisotopic (exact) mass is 299 g/mol. The van der Waals surface area contributed by atoms with Crippen LogP contribution in [0.4, 0.5) is 0 Å². The van der Waals surface area contributed by atoms with Crippen LogP contribution in [0.25, 0.3) is 0 Å². The topological polar surface area (TPSA) is 21.3 Å². The number of methoxy groups -OCH3 is 1. The number of ether oxygens (including phenoxy) is 1. The van der Waals surface area contributed by atoms with E-state index in [1.807, 2.05) is 0 Å². The second-order valence-electron chi connectivity index (χ2n) is 4.56. The van der Waals surface area contributed by atoms with Crippen molar-refractivity contribution in [2.45, 2.75) is 32.2 Å². The molecule has 0 aliphatic rings. The number of rotatable bonds is 7. The predicted molar refractivity (Wildman–Crippen MR) is 76.5 cm³/mol. The normalized spacial score (nSPS) is 13.0. The number of hydrogen-bond donors (Lipinski definition) is 1. The van der Waals surface area contributed by atoms with Gasteiger partial charge in [-0.2, -0.15) is 0 Å². The first-order valence-corrected chi connectivity index (χ1v) is 6.91. The fourth-order valence-corrected chi connectivity index (χ4v) is 2.42. The van der Waals surface area contributed by atoms with Crippen molar-refractivity contribution in [2.75, 3.05) is 20.3 Å². The Labute approximate surface area is 113 Å². The van der Waals surface area contributed by atoms with Crippen molar-refractivity contribution in [3.8, 4) is 0 Å². The summed E-state index contributed by atoms with van der Waals surface area (Å²) >= 11 is 3.63. The van der Waals surface area contributed by atoms with E-state index in [1.165, 1.54) is 10.0 Å². The Morgan fingerprint density at radius 1 is 1.29 bits per heavy atom. The maximum atomic E-state index is 5.20. The first-order valence-electron chi connectivity index (χ1n) is 6.12. The third-order valence-corrected chi connectivity index (χ3v) is 3.51. The van der Waals surface area contributed by atoms with Gasteiger partial charge in [0.05, 0.1) is 0 Å². The summed E-state index contributed by atoms with van der Waals surface area (Å²) in [5, 5.41) is 3.50. The van der Waals surface area contributed by atoms with E-state index in [2.05, 4.69) is 59.4 Å². The molecule has 0 heterocycles. The van der Waals surface area contributed by atoms with Gasteiger partial charge in [-0.25, -0.2) is 0 Å². The third-order valence-electron chi connectivity index (χ3n) is 2.79. The van der Waals surface area contributed by atoms with Gasteiger partial charge in [0.1, 0.15) is 0 Å². The molecule has 0 amide bonds. The fraction of sp³-hybridized carbons (Fsp3) is 0.571. The summed E-state index contributed by atoms with van der Waals surface area (Å²) < 4.78 is 6.38. The molecule has 0 aliphatic heterocycles. The standard InChI is InChI=1S/C14H22BrNO/c1-11(2)16-10-12(8-9-17-3)13-6-4-5-7-14(13)15/h4-7,11-12,16H,8-10H2,1-3H3. The summed E-state index contributed by atoms with van der Waals surface area (Å²) in [7, 11) is 1.76. The zero-order valence-electron chi connectivity index (χ0n) is 10.9. The molecule has 0 fully saturated rings. The molecule has 0 saturated carbocycles. The molecule has 0 radical (unpaired) electrons. The van der Waals surface area contributed by atoms with Gasteiger partial charge in [0.25, 0.3) is 0 Å². The Kier molecular flexibility index (Phi) is 6.78. The van der Waals surface area contributed by atoms with E-state index in [4.69, 9.17) is 4.74 Å². The molecule has 1 unspecified atom stereocenters. The van der Waals surface area contributed by atoms with Gasteiger partial charge in [0.2, 0.25) is 0 Å². The molecule has 0 saturated heterocycles. The van der Waals surface area contributed by atoms with Crippen molar-refractivity contribution in [3.63, 3.8) is 0 Å². The van der Waals surface area contributed by atoms with Crippen molar-refractivity contribution < 1.29 is 4.74 Å². The summed E-state index contributed by atoms with van der Waals surface area (Å²) in [6, 6.07) is 8.95. The zero-order valence-corrected chi connectivity index (χ0v) is 12.5. The van der Waals surface area contributed by atoms with E-state index in [0.29, 0.717) is 12.0 Å². The summed E-state index contributed by atoms with van der Waals surface area (Å²) in [5.74, 6) is 0.493. The molecule has 2 nitrogen and oxygen atoms in total. The molecule has 3 heteroatoms. The van der Waals surface area contributed by atoms with E-state index in [1.54, 1.807) is 7.11 Å². The molecule has 1 N–H and O–H groups in total. The Hall–Kier alpha value is -0.380. The quantitative estimate of drug-likeness (QED) is 0.831. The average Bonchev–Trinajstić information content (AvgIpc) is 2.30. The second-order valence-corrected chi connectivity index (χ2v) is 5.42. The van der Waals surface area contributed by atoms with Crippen LogP contribution in [0.3, 0.4) is 0 Å². The first kappa shape index (κ1) is 14.7. The minimum Gasteiger partial charge on any atom is -0.385 e. The van der Waals surface area contributed by atoms with Crippen LogP contribution in [0.15, 0.2) is 28.7 Å². The van der Waals surface area contributed by atoms with Gasteiger partial charge in [-0.3, -0.25) is 0 Å². The smallest absolute Gasteiger partial charge is 0.0468 e. The number of nitrogens with one attached hydrogen (secondary N) is 1. The highest BCUT2D eigenvalue weighted by Crippen LogP contribution is 2.27. The van der Waals surface area contributed by atoms with Crippen LogP contribution in [0, 0.1) is 0 Å². The van der Waals surface area contributed by atoms with Crippen LogP contribution in [0.5, 0.6) is 0 Å². The van der Waals surface area contributed by atoms with E-state index in [-0.39, 0.29) is 0 Å². The number of halogens is 1. The van der Waals surface area contributed by atoms with Gasteiger partial charge in [-0.05, 0) is 24.0 Å². The molecule has 1 aromatic rings. The third kappa shape index (κ3) is 5.19. The molecule has 0 spiro atoms. The maximum Gasteiger partial charge on any atom is 0.0468 e. The first-order chi connectivity index (χ1) is 8.15. The largest absolute Gasteiger partial charge is 0.385 e. The van der Waals surface area contributed by atoms with E-state index in [0.717, 1.165) is 19.6 Å². The molecule has 0 bridgehead atoms. The molecule has 96 valence electrons. The highest BCUT2D eigenvalue weighted by molar-refractivity contribution is 9.10. The fourth-order valence-electron chi connectivity index (χ4n) is 1.81. The van der Waals surface area contributed by atoms with Crippen LogP contribution >= 0.6 is 15.9 Å². The average molecular weight is 300 g/mol. The lowest BCUT2D eigenvalue weighted by Gasteiger charge is -2.20. The van der Waals surface area contributed by atoms with Crippen molar-refractivity contribution in [1.29, 1.82) is 0 Å². The van der Waals surface area contributed by atoms with Crippen molar-refractivity contribution >= 4 is 15.9 Å². The molecular weight excluding hydrogens is 278 g/mol. The summed E-state index contributed by atoms with van der Waals surface area (Å²) in [6.07, 6.45) is 1.04. The summed E-state index contributed by atoms with van der Waals surface area (Å²) in [4.78, 5) is 0. The Balaban J connectivity index is 2.71. The van der Waals surface area contributed by atoms with E-state index < -0.39 is 0 Å². The molecule has 0 aromatic heterocycles.